The van der Waals surface area contributed by atoms with Gasteiger partial charge < -0.3 is 9.47 Å². The Hall–Kier alpha value is -3.16. The molecule has 8 heteroatoms. The van der Waals surface area contributed by atoms with E-state index < -0.39 is 16.4 Å². The molecule has 22 heavy (non-hydrogen) atoms. The number of H-pyrrole nitrogens is 1. The third-order valence-electron chi connectivity index (χ3n) is 3.06. The Morgan fingerprint density at radius 1 is 1.27 bits per heavy atom. The van der Waals surface area contributed by atoms with Crippen molar-refractivity contribution in [2.24, 2.45) is 0 Å². The molecule has 0 aliphatic carbocycles. The van der Waals surface area contributed by atoms with Crippen LogP contribution >= 0.6 is 0 Å². The first-order valence-corrected chi connectivity index (χ1v) is 6.21. The van der Waals surface area contributed by atoms with E-state index in [0.29, 0.717) is 11.3 Å². The van der Waals surface area contributed by atoms with Gasteiger partial charge >= 0.3 is 5.69 Å². The number of aromatic amines is 1. The van der Waals surface area contributed by atoms with Crippen molar-refractivity contribution < 1.29 is 18.8 Å². The van der Waals surface area contributed by atoms with Crippen LogP contribution in [0, 0.1) is 15.9 Å². The zero-order valence-electron chi connectivity index (χ0n) is 11.4. The van der Waals surface area contributed by atoms with E-state index in [1.54, 1.807) is 24.4 Å². The van der Waals surface area contributed by atoms with Crippen molar-refractivity contribution in [1.29, 1.82) is 0 Å². The van der Waals surface area contributed by atoms with Crippen LogP contribution in [0.4, 0.5) is 10.1 Å². The number of benzene rings is 2. The van der Waals surface area contributed by atoms with Crippen LogP contribution in [-0.2, 0) is 0 Å². The Kier molecular flexibility index (Phi) is 3.34. The second-order valence-electron chi connectivity index (χ2n) is 4.43. The van der Waals surface area contributed by atoms with Gasteiger partial charge in [-0.15, -0.1) is 0 Å². The summed E-state index contributed by atoms with van der Waals surface area (Å²) in [5.41, 5.74) is -0.0472. The van der Waals surface area contributed by atoms with Crippen LogP contribution in [-0.4, -0.2) is 22.2 Å². The Labute approximate surface area is 123 Å². The van der Waals surface area contributed by atoms with Crippen molar-refractivity contribution in [2.75, 3.05) is 7.11 Å². The number of halogens is 1. The number of methoxy groups -OCH3 is 1. The summed E-state index contributed by atoms with van der Waals surface area (Å²) in [5, 5.41) is 18.5. The monoisotopic (exact) mass is 303 g/mol. The van der Waals surface area contributed by atoms with Crippen molar-refractivity contribution in [1.82, 2.24) is 10.2 Å². The molecule has 3 aromatic rings. The zero-order chi connectivity index (χ0) is 15.7. The molecule has 0 unspecified atom stereocenters. The Balaban J connectivity index is 2.06. The smallest absolute Gasteiger partial charge is 0.347 e. The van der Waals surface area contributed by atoms with Crippen LogP contribution in [0.1, 0.15) is 0 Å². The lowest BCUT2D eigenvalue weighted by atomic mass is 10.2. The Morgan fingerprint density at radius 3 is 2.82 bits per heavy atom. The number of hydrogen-bond donors (Lipinski definition) is 1. The number of ether oxygens (including phenoxy) is 2. The summed E-state index contributed by atoms with van der Waals surface area (Å²) in [4.78, 5) is 10.2. The highest BCUT2D eigenvalue weighted by Crippen LogP contribution is 2.37. The first-order chi connectivity index (χ1) is 10.6. The van der Waals surface area contributed by atoms with Crippen LogP contribution in [0.15, 0.2) is 36.5 Å². The van der Waals surface area contributed by atoms with E-state index in [2.05, 4.69) is 10.2 Å². The standard InChI is InChI=1S/C14H10FN3O4/c1-21-10-4-11(15)14(18(19)20)13(6-10)22-9-3-2-8-7-16-17-12(8)5-9/h2-7H,1H3,(H,16,17). The van der Waals surface area contributed by atoms with E-state index in [-0.39, 0.29) is 11.5 Å². The van der Waals surface area contributed by atoms with E-state index in [1.807, 2.05) is 0 Å². The average molecular weight is 303 g/mol. The van der Waals surface area contributed by atoms with E-state index >= 15 is 0 Å². The van der Waals surface area contributed by atoms with Crippen molar-refractivity contribution in [3.05, 3.63) is 52.5 Å². The van der Waals surface area contributed by atoms with Crippen molar-refractivity contribution in [3.63, 3.8) is 0 Å². The summed E-state index contributed by atoms with van der Waals surface area (Å²) in [6.45, 7) is 0. The van der Waals surface area contributed by atoms with Gasteiger partial charge in [-0.25, -0.2) is 0 Å². The lowest BCUT2D eigenvalue weighted by Crippen LogP contribution is -1.98. The molecule has 0 bridgehead atoms. The topological polar surface area (TPSA) is 90.3 Å². The minimum Gasteiger partial charge on any atom is -0.497 e. The molecule has 0 atom stereocenters. The van der Waals surface area contributed by atoms with E-state index in [9.17, 15) is 14.5 Å². The van der Waals surface area contributed by atoms with Gasteiger partial charge in [0.15, 0.2) is 0 Å². The lowest BCUT2D eigenvalue weighted by Gasteiger charge is -2.09. The van der Waals surface area contributed by atoms with Crippen LogP contribution in [0.2, 0.25) is 0 Å². The summed E-state index contributed by atoms with van der Waals surface area (Å²) in [7, 11) is 1.33. The van der Waals surface area contributed by atoms with Gasteiger partial charge in [-0.2, -0.15) is 9.49 Å². The maximum atomic E-state index is 13.8. The van der Waals surface area contributed by atoms with Gasteiger partial charge in [-0.3, -0.25) is 15.2 Å². The molecule has 0 aliphatic heterocycles. The second-order valence-corrected chi connectivity index (χ2v) is 4.43. The number of aromatic nitrogens is 2. The fourth-order valence-electron chi connectivity index (χ4n) is 2.03. The number of nitro groups is 1. The van der Waals surface area contributed by atoms with Gasteiger partial charge in [0.05, 0.1) is 23.7 Å². The van der Waals surface area contributed by atoms with E-state index in [1.165, 1.54) is 13.2 Å². The summed E-state index contributed by atoms with van der Waals surface area (Å²) in [6, 6.07) is 7.15. The predicted octanol–water partition coefficient (Wildman–Crippen LogP) is 3.41. The van der Waals surface area contributed by atoms with Crippen molar-refractivity contribution in [2.45, 2.75) is 0 Å². The van der Waals surface area contributed by atoms with Crippen molar-refractivity contribution in [3.8, 4) is 17.2 Å². The summed E-state index contributed by atoms with van der Waals surface area (Å²) < 4.78 is 24.2. The van der Waals surface area contributed by atoms with Crippen LogP contribution in [0.3, 0.4) is 0 Å². The van der Waals surface area contributed by atoms with Gasteiger partial charge in [0.2, 0.25) is 11.6 Å². The van der Waals surface area contributed by atoms with Gasteiger partial charge in [-0.1, -0.05) is 0 Å². The third kappa shape index (κ3) is 2.41. The molecule has 1 heterocycles. The normalized spacial score (nSPS) is 10.6. The molecule has 0 saturated heterocycles. The number of fused-ring (bicyclic) bond motifs is 1. The summed E-state index contributed by atoms with van der Waals surface area (Å²) in [5.74, 6) is -0.823. The first kappa shape index (κ1) is 13.8. The fourth-order valence-corrected chi connectivity index (χ4v) is 2.03. The van der Waals surface area contributed by atoms with Gasteiger partial charge in [0.1, 0.15) is 11.5 Å². The number of nitrogens with zero attached hydrogens (tertiary/aromatic N) is 2. The molecular formula is C14H10FN3O4. The lowest BCUT2D eigenvalue weighted by molar-refractivity contribution is -0.388. The third-order valence-corrected chi connectivity index (χ3v) is 3.06. The minimum absolute atomic E-state index is 0.126. The molecular weight excluding hydrogens is 293 g/mol. The summed E-state index contributed by atoms with van der Waals surface area (Å²) in [6.07, 6.45) is 1.63. The minimum atomic E-state index is -1.03. The van der Waals surface area contributed by atoms with Crippen molar-refractivity contribution >= 4 is 16.6 Å². The van der Waals surface area contributed by atoms with E-state index in [4.69, 9.17) is 9.47 Å². The Morgan fingerprint density at radius 2 is 2.09 bits per heavy atom. The first-order valence-electron chi connectivity index (χ1n) is 6.21. The van der Waals surface area contributed by atoms with Gasteiger partial charge in [0, 0.05) is 23.6 Å². The molecule has 2 aromatic carbocycles. The number of nitro benzene ring substituents is 1. The number of rotatable bonds is 4. The highest BCUT2D eigenvalue weighted by atomic mass is 19.1. The highest BCUT2D eigenvalue weighted by molar-refractivity contribution is 5.79. The van der Waals surface area contributed by atoms with Crippen LogP contribution in [0.25, 0.3) is 10.9 Å². The average Bonchev–Trinajstić information content (AvgIpc) is 2.93. The summed E-state index contributed by atoms with van der Waals surface area (Å²) >= 11 is 0. The molecule has 0 fully saturated rings. The molecule has 3 rings (SSSR count). The van der Waals surface area contributed by atoms with Gasteiger partial charge in [-0.05, 0) is 12.1 Å². The maximum absolute atomic E-state index is 13.8. The fraction of sp³-hybridized carbons (Fsp3) is 0.0714. The number of nitrogens with one attached hydrogen (secondary N) is 1. The van der Waals surface area contributed by atoms with Crippen LogP contribution < -0.4 is 9.47 Å². The molecule has 0 aliphatic rings. The molecule has 7 nitrogen and oxygen atoms in total. The Bertz CT molecular complexity index is 862. The SMILES string of the molecule is COc1cc(F)c([N+](=O)[O-])c(Oc2ccc3cn[nH]c3c2)c1. The van der Waals surface area contributed by atoms with Crippen LogP contribution in [0.5, 0.6) is 17.2 Å². The molecule has 0 amide bonds. The predicted molar refractivity (Wildman–Crippen MR) is 75.8 cm³/mol. The van der Waals surface area contributed by atoms with Gasteiger partial charge in [0.25, 0.3) is 0 Å². The van der Waals surface area contributed by atoms with E-state index in [0.717, 1.165) is 11.5 Å². The molecule has 0 saturated carbocycles. The largest absolute Gasteiger partial charge is 0.497 e. The molecule has 112 valence electrons. The molecule has 1 aromatic heterocycles. The molecule has 0 spiro atoms. The maximum Gasteiger partial charge on any atom is 0.347 e. The molecule has 1 N–H and O–H groups in total. The molecule has 0 radical (unpaired) electrons. The second kappa shape index (κ2) is 5.32. The number of hydrogen-bond acceptors (Lipinski definition) is 5. The zero-order valence-corrected chi connectivity index (χ0v) is 11.4. The quantitative estimate of drug-likeness (QED) is 0.589. The highest BCUT2D eigenvalue weighted by Gasteiger charge is 2.24.